The van der Waals surface area contributed by atoms with Gasteiger partial charge in [0, 0.05) is 32.5 Å². The molecule has 1 rings (SSSR count). The minimum Gasteiger partial charge on any atom is -0.382 e. The molecule has 0 aromatic carbocycles. The number of hydrogen-bond donors (Lipinski definition) is 1. The lowest BCUT2D eigenvalue weighted by Crippen LogP contribution is -2.11. The predicted octanol–water partition coefficient (Wildman–Crippen LogP) is 1.42. The first-order chi connectivity index (χ1) is 7.36. The Balaban J connectivity index is 2.20. The first kappa shape index (κ1) is 12.2. The lowest BCUT2D eigenvalue weighted by atomic mass is 10.4. The summed E-state index contributed by atoms with van der Waals surface area (Å²) in [5, 5.41) is 3.25. The molecule has 4 nitrogen and oxygen atoms in total. The van der Waals surface area contributed by atoms with Crippen molar-refractivity contribution in [2.24, 2.45) is 0 Å². The van der Waals surface area contributed by atoms with Crippen LogP contribution in [0.25, 0.3) is 0 Å². The topological polar surface area (TPSA) is 39.1 Å². The highest BCUT2D eigenvalue weighted by molar-refractivity contribution is 4.95. The molecule has 1 N–H and O–H groups in total. The largest absolute Gasteiger partial charge is 0.382 e. The van der Waals surface area contributed by atoms with Gasteiger partial charge < -0.3 is 14.6 Å². The molecule has 86 valence electrons. The summed E-state index contributed by atoms with van der Waals surface area (Å²) in [4.78, 5) is 4.31. The van der Waals surface area contributed by atoms with Crippen molar-refractivity contribution in [2.75, 3.05) is 19.8 Å². The van der Waals surface area contributed by atoms with Crippen molar-refractivity contribution in [1.29, 1.82) is 0 Å². The van der Waals surface area contributed by atoms with Crippen LogP contribution in [0.2, 0.25) is 0 Å². The number of aryl methyl sites for hydroxylation is 1. The van der Waals surface area contributed by atoms with Gasteiger partial charge in [0.1, 0.15) is 0 Å². The van der Waals surface area contributed by atoms with E-state index in [1.807, 2.05) is 13.3 Å². The van der Waals surface area contributed by atoms with Crippen molar-refractivity contribution in [3.8, 4) is 0 Å². The molecule has 0 aliphatic heterocycles. The first-order valence-corrected chi connectivity index (χ1v) is 5.66. The summed E-state index contributed by atoms with van der Waals surface area (Å²) in [6.45, 7) is 8.57. The fourth-order valence-corrected chi connectivity index (χ4v) is 1.37. The summed E-state index contributed by atoms with van der Waals surface area (Å²) in [5.74, 6) is 0. The molecule has 0 saturated heterocycles. The van der Waals surface area contributed by atoms with Crippen LogP contribution in [-0.4, -0.2) is 29.3 Å². The van der Waals surface area contributed by atoms with Gasteiger partial charge in [0.05, 0.1) is 12.0 Å². The fraction of sp³-hybridized carbons (Fsp3) is 0.727. The minimum absolute atomic E-state index is 0.801. The highest BCUT2D eigenvalue weighted by Gasteiger charge is 1.97. The van der Waals surface area contributed by atoms with Crippen LogP contribution >= 0.6 is 0 Å². The summed E-state index contributed by atoms with van der Waals surface area (Å²) in [6, 6.07) is 0. The second-order valence-corrected chi connectivity index (χ2v) is 3.43. The zero-order chi connectivity index (χ0) is 10.9. The lowest BCUT2D eigenvalue weighted by molar-refractivity contribution is 0.141. The SMILES string of the molecule is CCNCc1cn(CCCOCC)cn1. The van der Waals surface area contributed by atoms with Gasteiger partial charge in [0.25, 0.3) is 0 Å². The predicted molar refractivity (Wildman–Crippen MR) is 60.7 cm³/mol. The molecule has 15 heavy (non-hydrogen) atoms. The summed E-state index contributed by atoms with van der Waals surface area (Å²) in [6.07, 6.45) is 5.03. The van der Waals surface area contributed by atoms with Crippen molar-refractivity contribution < 1.29 is 4.74 Å². The molecule has 0 unspecified atom stereocenters. The number of nitrogens with one attached hydrogen (secondary N) is 1. The maximum atomic E-state index is 5.28. The summed E-state index contributed by atoms with van der Waals surface area (Å²) in [5.41, 5.74) is 1.10. The van der Waals surface area contributed by atoms with Crippen molar-refractivity contribution >= 4 is 0 Å². The lowest BCUT2D eigenvalue weighted by Gasteiger charge is -2.02. The van der Waals surface area contributed by atoms with Gasteiger partial charge in [-0.15, -0.1) is 0 Å². The van der Waals surface area contributed by atoms with Crippen molar-refractivity contribution in [1.82, 2.24) is 14.9 Å². The van der Waals surface area contributed by atoms with Gasteiger partial charge in [0.15, 0.2) is 0 Å². The second kappa shape index (κ2) is 7.43. The maximum Gasteiger partial charge on any atom is 0.0949 e. The maximum absolute atomic E-state index is 5.28. The van der Waals surface area contributed by atoms with E-state index in [1.165, 1.54) is 0 Å². The highest BCUT2D eigenvalue weighted by Crippen LogP contribution is 1.97. The Morgan fingerprint density at radius 3 is 3.07 bits per heavy atom. The molecule has 0 aliphatic carbocycles. The Hall–Kier alpha value is -0.870. The van der Waals surface area contributed by atoms with Crippen LogP contribution in [0.5, 0.6) is 0 Å². The minimum atomic E-state index is 0.801. The quantitative estimate of drug-likeness (QED) is 0.661. The van der Waals surface area contributed by atoms with Gasteiger partial charge in [0.2, 0.25) is 0 Å². The summed E-state index contributed by atoms with van der Waals surface area (Å²) >= 11 is 0. The van der Waals surface area contributed by atoms with Gasteiger partial charge in [-0.05, 0) is 19.9 Å². The van der Waals surface area contributed by atoms with Crippen LogP contribution in [0, 0.1) is 0 Å². The molecule has 0 fully saturated rings. The number of rotatable bonds is 8. The molecule has 0 amide bonds. The van der Waals surface area contributed by atoms with Crippen LogP contribution in [0.1, 0.15) is 26.0 Å². The molecule has 0 spiro atoms. The molecule has 0 radical (unpaired) electrons. The van der Waals surface area contributed by atoms with Crippen LogP contribution < -0.4 is 5.32 Å². The average molecular weight is 211 g/mol. The van der Waals surface area contributed by atoms with E-state index in [2.05, 4.69) is 28.0 Å². The summed E-state index contributed by atoms with van der Waals surface area (Å²) in [7, 11) is 0. The molecule has 0 aliphatic rings. The standard InChI is InChI=1S/C11H21N3O/c1-3-12-8-11-9-14(10-13-11)6-5-7-15-4-2/h9-10,12H,3-8H2,1-2H3. The monoisotopic (exact) mass is 211 g/mol. The third kappa shape index (κ3) is 4.95. The van der Waals surface area contributed by atoms with Crippen molar-refractivity contribution in [3.05, 3.63) is 18.2 Å². The van der Waals surface area contributed by atoms with Gasteiger partial charge in [-0.1, -0.05) is 6.92 Å². The Kier molecular flexibility index (Phi) is 6.04. The molecule has 0 bridgehead atoms. The summed E-state index contributed by atoms with van der Waals surface area (Å²) < 4.78 is 7.40. The second-order valence-electron chi connectivity index (χ2n) is 3.43. The zero-order valence-electron chi connectivity index (χ0n) is 9.70. The number of ether oxygens (including phenoxy) is 1. The fourth-order valence-electron chi connectivity index (χ4n) is 1.37. The van der Waals surface area contributed by atoms with Crippen LogP contribution in [0.3, 0.4) is 0 Å². The van der Waals surface area contributed by atoms with E-state index < -0.39 is 0 Å². The normalized spacial score (nSPS) is 10.8. The molecular formula is C11H21N3O. The molecular weight excluding hydrogens is 190 g/mol. The third-order valence-corrected chi connectivity index (χ3v) is 2.15. The van der Waals surface area contributed by atoms with Crippen molar-refractivity contribution in [2.45, 2.75) is 33.4 Å². The number of nitrogens with zero attached hydrogens (tertiary/aromatic N) is 2. The molecule has 1 aromatic heterocycles. The Morgan fingerprint density at radius 1 is 1.47 bits per heavy atom. The Morgan fingerprint density at radius 2 is 2.33 bits per heavy atom. The van der Waals surface area contributed by atoms with Crippen LogP contribution in [-0.2, 0) is 17.8 Å². The number of imidazole rings is 1. The van der Waals surface area contributed by atoms with E-state index in [4.69, 9.17) is 4.74 Å². The Labute approximate surface area is 91.7 Å². The van der Waals surface area contributed by atoms with Crippen LogP contribution in [0.15, 0.2) is 12.5 Å². The highest BCUT2D eigenvalue weighted by atomic mass is 16.5. The smallest absolute Gasteiger partial charge is 0.0949 e. The van der Waals surface area contributed by atoms with Gasteiger partial charge in [-0.2, -0.15) is 0 Å². The van der Waals surface area contributed by atoms with Gasteiger partial charge in [-0.3, -0.25) is 0 Å². The molecule has 1 heterocycles. The molecule has 0 atom stereocenters. The van der Waals surface area contributed by atoms with Crippen molar-refractivity contribution in [3.63, 3.8) is 0 Å². The van der Waals surface area contributed by atoms with E-state index in [1.54, 1.807) is 0 Å². The van der Waals surface area contributed by atoms with Gasteiger partial charge in [-0.25, -0.2) is 4.98 Å². The number of aromatic nitrogens is 2. The zero-order valence-corrected chi connectivity index (χ0v) is 9.70. The Bertz CT molecular complexity index is 260. The molecule has 1 aromatic rings. The molecule has 0 saturated carbocycles. The van der Waals surface area contributed by atoms with Gasteiger partial charge >= 0.3 is 0 Å². The first-order valence-electron chi connectivity index (χ1n) is 5.66. The molecule has 4 heteroatoms. The average Bonchev–Trinajstić information content (AvgIpc) is 2.69. The third-order valence-electron chi connectivity index (χ3n) is 2.15. The van der Waals surface area contributed by atoms with E-state index in [9.17, 15) is 0 Å². The van der Waals surface area contributed by atoms with E-state index in [-0.39, 0.29) is 0 Å². The number of hydrogen-bond acceptors (Lipinski definition) is 3. The van der Waals surface area contributed by atoms with E-state index in [0.717, 1.165) is 45.0 Å². The van der Waals surface area contributed by atoms with E-state index in [0.29, 0.717) is 0 Å². The van der Waals surface area contributed by atoms with E-state index >= 15 is 0 Å². The van der Waals surface area contributed by atoms with Crippen LogP contribution in [0.4, 0.5) is 0 Å².